The SMILES string of the molecule is CC(CCCO)NC(CN)c1ccccc1OC(F)(F)F. The molecule has 1 rings (SSSR count). The summed E-state index contributed by atoms with van der Waals surface area (Å²) >= 11 is 0. The number of hydrogen-bond acceptors (Lipinski definition) is 4. The molecule has 0 aliphatic rings. The number of hydrogen-bond donors (Lipinski definition) is 3. The molecule has 0 spiro atoms. The molecule has 0 aliphatic heterocycles. The molecule has 0 amide bonds. The lowest BCUT2D eigenvalue weighted by Crippen LogP contribution is -2.35. The lowest BCUT2D eigenvalue weighted by atomic mass is 10.0. The summed E-state index contributed by atoms with van der Waals surface area (Å²) in [6.45, 7) is 2.11. The number of rotatable bonds is 8. The Bertz CT molecular complexity index is 427. The highest BCUT2D eigenvalue weighted by Crippen LogP contribution is 2.30. The van der Waals surface area contributed by atoms with Gasteiger partial charge in [-0.3, -0.25) is 0 Å². The van der Waals surface area contributed by atoms with Crippen LogP contribution in [0, 0.1) is 0 Å². The average Bonchev–Trinajstić information content (AvgIpc) is 2.41. The quantitative estimate of drug-likeness (QED) is 0.689. The molecule has 21 heavy (non-hydrogen) atoms. The van der Waals surface area contributed by atoms with Crippen molar-refractivity contribution < 1.29 is 23.0 Å². The van der Waals surface area contributed by atoms with Gasteiger partial charge in [-0.25, -0.2) is 0 Å². The van der Waals surface area contributed by atoms with E-state index in [4.69, 9.17) is 10.8 Å². The Kier molecular flexibility index (Phi) is 6.94. The second-order valence-corrected chi connectivity index (χ2v) is 4.81. The van der Waals surface area contributed by atoms with Crippen LogP contribution in [0.3, 0.4) is 0 Å². The molecule has 0 fully saturated rings. The second-order valence-electron chi connectivity index (χ2n) is 4.81. The van der Waals surface area contributed by atoms with E-state index in [0.29, 0.717) is 18.4 Å². The van der Waals surface area contributed by atoms with Crippen LogP contribution in [0.1, 0.15) is 31.4 Å². The number of nitrogens with one attached hydrogen (secondary N) is 1. The fraction of sp³-hybridized carbons (Fsp3) is 0.571. The average molecular weight is 306 g/mol. The first-order valence-corrected chi connectivity index (χ1v) is 6.79. The molecule has 2 unspecified atom stereocenters. The molecule has 7 heteroatoms. The Hall–Kier alpha value is -1.31. The first-order chi connectivity index (χ1) is 9.87. The summed E-state index contributed by atoms with van der Waals surface area (Å²) in [4.78, 5) is 0. The molecular formula is C14H21F3N2O2. The van der Waals surface area contributed by atoms with Crippen molar-refractivity contribution in [3.05, 3.63) is 29.8 Å². The molecule has 120 valence electrons. The van der Waals surface area contributed by atoms with Crippen LogP contribution in [-0.4, -0.2) is 30.7 Å². The molecule has 0 aliphatic carbocycles. The third-order valence-corrected chi connectivity index (χ3v) is 3.04. The van der Waals surface area contributed by atoms with Gasteiger partial charge in [-0.2, -0.15) is 0 Å². The molecule has 2 atom stereocenters. The maximum Gasteiger partial charge on any atom is 0.573 e. The van der Waals surface area contributed by atoms with Crippen molar-refractivity contribution in [2.45, 2.75) is 38.2 Å². The highest BCUT2D eigenvalue weighted by atomic mass is 19.4. The van der Waals surface area contributed by atoms with Crippen molar-refractivity contribution in [2.75, 3.05) is 13.2 Å². The highest BCUT2D eigenvalue weighted by Gasteiger charge is 2.32. The van der Waals surface area contributed by atoms with E-state index in [9.17, 15) is 13.2 Å². The minimum absolute atomic E-state index is 0.0182. The van der Waals surface area contributed by atoms with E-state index in [1.807, 2.05) is 6.92 Å². The van der Waals surface area contributed by atoms with Crippen LogP contribution < -0.4 is 15.8 Å². The van der Waals surface area contributed by atoms with Crippen molar-refractivity contribution in [2.24, 2.45) is 5.73 Å². The van der Waals surface area contributed by atoms with E-state index in [1.54, 1.807) is 12.1 Å². The van der Waals surface area contributed by atoms with Crippen molar-refractivity contribution in [1.29, 1.82) is 0 Å². The number of ether oxygens (including phenoxy) is 1. The van der Waals surface area contributed by atoms with Gasteiger partial charge in [0, 0.05) is 30.8 Å². The largest absolute Gasteiger partial charge is 0.573 e. The predicted molar refractivity (Wildman–Crippen MR) is 73.8 cm³/mol. The van der Waals surface area contributed by atoms with Gasteiger partial charge in [0.05, 0.1) is 0 Å². The molecule has 4 N–H and O–H groups in total. The van der Waals surface area contributed by atoms with E-state index in [2.05, 4.69) is 10.1 Å². The smallest absolute Gasteiger partial charge is 0.405 e. The summed E-state index contributed by atoms with van der Waals surface area (Å²) in [5.74, 6) is -0.248. The minimum Gasteiger partial charge on any atom is -0.405 e. The van der Waals surface area contributed by atoms with Crippen LogP contribution in [0.25, 0.3) is 0 Å². The Morgan fingerprint density at radius 1 is 1.33 bits per heavy atom. The number of aliphatic hydroxyl groups excluding tert-OH is 1. The van der Waals surface area contributed by atoms with Crippen LogP contribution in [0.4, 0.5) is 13.2 Å². The summed E-state index contributed by atoms with van der Waals surface area (Å²) in [5.41, 5.74) is 6.03. The van der Waals surface area contributed by atoms with E-state index in [-0.39, 0.29) is 24.9 Å². The number of benzene rings is 1. The molecular weight excluding hydrogens is 285 g/mol. The number of alkyl halides is 3. The standard InChI is InChI=1S/C14H21F3N2O2/c1-10(5-4-8-20)19-12(9-18)11-6-2-3-7-13(11)21-14(15,16)17/h2-3,6-7,10,12,19-20H,4-5,8-9,18H2,1H3. The Balaban J connectivity index is 2.85. The van der Waals surface area contributed by atoms with E-state index >= 15 is 0 Å². The first-order valence-electron chi connectivity index (χ1n) is 6.79. The second kappa shape index (κ2) is 8.21. The maximum atomic E-state index is 12.4. The topological polar surface area (TPSA) is 67.5 Å². The van der Waals surface area contributed by atoms with Gasteiger partial charge in [-0.05, 0) is 25.8 Å². The van der Waals surface area contributed by atoms with Gasteiger partial charge in [0.1, 0.15) is 5.75 Å². The Morgan fingerprint density at radius 2 is 2.00 bits per heavy atom. The van der Waals surface area contributed by atoms with Gasteiger partial charge >= 0.3 is 6.36 Å². The molecule has 4 nitrogen and oxygen atoms in total. The van der Waals surface area contributed by atoms with E-state index in [0.717, 1.165) is 0 Å². The number of halogens is 3. The van der Waals surface area contributed by atoms with Gasteiger partial charge < -0.3 is 20.9 Å². The predicted octanol–water partition coefficient (Wildman–Crippen LogP) is 2.34. The highest BCUT2D eigenvalue weighted by molar-refractivity contribution is 5.36. The lowest BCUT2D eigenvalue weighted by molar-refractivity contribution is -0.275. The molecule has 0 saturated heterocycles. The molecule has 0 aromatic heterocycles. The summed E-state index contributed by atoms with van der Waals surface area (Å²) < 4.78 is 41.3. The van der Waals surface area contributed by atoms with Crippen LogP contribution in [0.2, 0.25) is 0 Å². The van der Waals surface area contributed by atoms with Gasteiger partial charge in [-0.15, -0.1) is 13.2 Å². The Labute approximate surface area is 122 Å². The summed E-state index contributed by atoms with van der Waals surface area (Å²) in [6.07, 6.45) is -3.42. The summed E-state index contributed by atoms with van der Waals surface area (Å²) in [5, 5.41) is 12.0. The van der Waals surface area contributed by atoms with E-state index < -0.39 is 12.4 Å². The van der Waals surface area contributed by atoms with Crippen LogP contribution in [-0.2, 0) is 0 Å². The number of para-hydroxylation sites is 1. The van der Waals surface area contributed by atoms with Crippen LogP contribution >= 0.6 is 0 Å². The monoisotopic (exact) mass is 306 g/mol. The van der Waals surface area contributed by atoms with Crippen molar-refractivity contribution in [1.82, 2.24) is 5.32 Å². The van der Waals surface area contributed by atoms with Gasteiger partial charge in [0.25, 0.3) is 0 Å². The van der Waals surface area contributed by atoms with Crippen molar-refractivity contribution in [3.8, 4) is 5.75 Å². The zero-order chi connectivity index (χ0) is 15.9. The van der Waals surface area contributed by atoms with Crippen molar-refractivity contribution >= 4 is 0 Å². The zero-order valence-electron chi connectivity index (χ0n) is 11.9. The molecule has 0 heterocycles. The normalized spacial score (nSPS) is 14.8. The van der Waals surface area contributed by atoms with Gasteiger partial charge in [0.2, 0.25) is 0 Å². The minimum atomic E-state index is -4.74. The maximum absolute atomic E-state index is 12.4. The zero-order valence-corrected chi connectivity index (χ0v) is 11.9. The lowest BCUT2D eigenvalue weighted by Gasteiger charge is -2.24. The fourth-order valence-corrected chi connectivity index (χ4v) is 2.10. The molecule has 0 radical (unpaired) electrons. The fourth-order valence-electron chi connectivity index (χ4n) is 2.10. The summed E-state index contributed by atoms with van der Waals surface area (Å²) in [6, 6.07) is 5.52. The van der Waals surface area contributed by atoms with E-state index in [1.165, 1.54) is 12.1 Å². The molecule has 0 bridgehead atoms. The van der Waals surface area contributed by atoms with Gasteiger partial charge in [0.15, 0.2) is 0 Å². The number of aliphatic hydroxyl groups is 1. The third kappa shape index (κ3) is 6.33. The van der Waals surface area contributed by atoms with Gasteiger partial charge in [-0.1, -0.05) is 18.2 Å². The molecule has 1 aromatic carbocycles. The first kappa shape index (κ1) is 17.7. The van der Waals surface area contributed by atoms with Crippen molar-refractivity contribution in [3.63, 3.8) is 0 Å². The van der Waals surface area contributed by atoms with Crippen LogP contribution in [0.15, 0.2) is 24.3 Å². The van der Waals surface area contributed by atoms with Crippen LogP contribution in [0.5, 0.6) is 5.75 Å². The summed E-state index contributed by atoms with van der Waals surface area (Å²) in [7, 11) is 0. The third-order valence-electron chi connectivity index (χ3n) is 3.04. The number of nitrogens with two attached hydrogens (primary N) is 1. The molecule has 1 aromatic rings. The molecule has 0 saturated carbocycles. The Morgan fingerprint density at radius 3 is 2.57 bits per heavy atom.